The maximum atomic E-state index is 13.3. The molecule has 0 saturated carbocycles. The predicted octanol–water partition coefficient (Wildman–Crippen LogP) is 6.17. The van der Waals surface area contributed by atoms with Crippen molar-refractivity contribution in [3.8, 4) is 0 Å². The van der Waals surface area contributed by atoms with Crippen molar-refractivity contribution in [2.24, 2.45) is 5.92 Å². The normalized spacial score (nSPS) is 19.3. The van der Waals surface area contributed by atoms with Crippen molar-refractivity contribution in [3.05, 3.63) is 69.8 Å². The van der Waals surface area contributed by atoms with Gasteiger partial charge in [0.15, 0.2) is 0 Å². The molecule has 4 nitrogen and oxygen atoms in total. The Morgan fingerprint density at radius 1 is 1.16 bits per heavy atom. The Labute approximate surface area is 200 Å². The topological polar surface area (TPSA) is 39.3 Å². The van der Waals surface area contributed by atoms with Crippen LogP contribution in [0, 0.1) is 5.92 Å². The van der Waals surface area contributed by atoms with Crippen molar-refractivity contribution in [3.63, 3.8) is 0 Å². The van der Waals surface area contributed by atoms with Crippen LogP contribution in [0.2, 0.25) is 10.0 Å². The molecule has 2 heterocycles. The number of aromatic amines is 1. The lowest BCUT2D eigenvalue weighted by Crippen LogP contribution is -2.53. The first-order valence-corrected chi connectivity index (χ1v) is 12.2. The highest BCUT2D eigenvalue weighted by Gasteiger charge is 2.37. The Morgan fingerprint density at radius 2 is 1.91 bits per heavy atom. The third-order valence-electron chi connectivity index (χ3n) is 6.70. The molecule has 0 radical (unpaired) electrons. The lowest BCUT2D eigenvalue weighted by Gasteiger charge is -2.42. The Morgan fingerprint density at radius 3 is 2.66 bits per heavy atom. The number of piperidine rings is 1. The molecule has 0 spiro atoms. The molecule has 2 unspecified atom stereocenters. The molecule has 1 aliphatic rings. The van der Waals surface area contributed by atoms with Crippen LogP contribution in [0.3, 0.4) is 0 Å². The zero-order chi connectivity index (χ0) is 22.7. The number of H-pyrrole nitrogens is 1. The van der Waals surface area contributed by atoms with Crippen LogP contribution >= 0.6 is 23.2 Å². The average Bonchev–Trinajstić information content (AvgIpc) is 3.17. The van der Waals surface area contributed by atoms with E-state index in [-0.39, 0.29) is 12.0 Å². The van der Waals surface area contributed by atoms with Crippen LogP contribution in [0.5, 0.6) is 0 Å². The maximum absolute atomic E-state index is 13.3. The molecule has 1 amide bonds. The molecule has 2 atom stereocenters. The second kappa shape index (κ2) is 10.3. The molecule has 1 N–H and O–H groups in total. The van der Waals surface area contributed by atoms with Crippen LogP contribution in [-0.4, -0.2) is 46.9 Å². The quantitative estimate of drug-likeness (QED) is 0.426. The van der Waals surface area contributed by atoms with Gasteiger partial charge >= 0.3 is 0 Å². The smallest absolute Gasteiger partial charge is 0.227 e. The monoisotopic (exact) mass is 471 g/mol. The van der Waals surface area contributed by atoms with Gasteiger partial charge in [0.25, 0.3) is 0 Å². The van der Waals surface area contributed by atoms with Crippen LogP contribution in [0.1, 0.15) is 37.3 Å². The molecular formula is C26H31Cl2N3O. The number of aryl methyl sites for hydroxylation is 1. The van der Waals surface area contributed by atoms with Crippen LogP contribution in [0.15, 0.2) is 48.7 Å². The zero-order valence-electron chi connectivity index (χ0n) is 18.8. The number of aromatic nitrogens is 1. The van der Waals surface area contributed by atoms with Crippen molar-refractivity contribution in [2.45, 2.75) is 45.2 Å². The molecule has 32 heavy (non-hydrogen) atoms. The number of likely N-dealkylation sites (tertiary alicyclic amines) is 1. The van der Waals surface area contributed by atoms with Gasteiger partial charge in [0.05, 0.1) is 5.92 Å². The number of carbonyl (C=O) groups is 1. The fourth-order valence-corrected chi connectivity index (χ4v) is 5.67. The van der Waals surface area contributed by atoms with E-state index < -0.39 is 0 Å². The molecule has 2 aromatic carbocycles. The molecule has 0 aliphatic carbocycles. The zero-order valence-corrected chi connectivity index (χ0v) is 20.3. The highest BCUT2D eigenvalue weighted by Crippen LogP contribution is 2.28. The summed E-state index contributed by atoms with van der Waals surface area (Å²) < 4.78 is 0. The summed E-state index contributed by atoms with van der Waals surface area (Å²) in [7, 11) is 2.10. The van der Waals surface area contributed by atoms with Crippen LogP contribution < -0.4 is 0 Å². The minimum atomic E-state index is 0.0245. The number of hydrogen-bond acceptors (Lipinski definition) is 2. The van der Waals surface area contributed by atoms with Gasteiger partial charge in [0, 0.05) is 52.8 Å². The third-order valence-corrected chi connectivity index (χ3v) is 7.13. The molecule has 0 bridgehead atoms. The highest BCUT2D eigenvalue weighted by molar-refractivity contribution is 6.34. The number of carbonyl (C=O) groups excluding carboxylic acids is 1. The molecule has 1 aliphatic heterocycles. The predicted molar refractivity (Wildman–Crippen MR) is 133 cm³/mol. The van der Waals surface area contributed by atoms with Crippen LogP contribution in [0.25, 0.3) is 10.9 Å². The maximum Gasteiger partial charge on any atom is 0.227 e. The molecule has 3 aromatic rings. The first-order chi connectivity index (χ1) is 15.5. The van der Waals surface area contributed by atoms with E-state index >= 15 is 0 Å². The van der Waals surface area contributed by atoms with Gasteiger partial charge in [-0.3, -0.25) is 9.69 Å². The summed E-state index contributed by atoms with van der Waals surface area (Å²) in [4.78, 5) is 21.0. The fourth-order valence-electron chi connectivity index (χ4n) is 5.10. The summed E-state index contributed by atoms with van der Waals surface area (Å²) in [6.45, 7) is 4.48. The highest BCUT2D eigenvalue weighted by atomic mass is 35.5. The molecule has 1 aromatic heterocycles. The van der Waals surface area contributed by atoms with Gasteiger partial charge in [0.1, 0.15) is 0 Å². The van der Waals surface area contributed by atoms with E-state index in [0.29, 0.717) is 16.0 Å². The lowest BCUT2D eigenvalue weighted by atomic mass is 9.87. The summed E-state index contributed by atoms with van der Waals surface area (Å²) in [5.41, 5.74) is 3.58. The van der Waals surface area contributed by atoms with Crippen molar-refractivity contribution < 1.29 is 4.79 Å². The van der Waals surface area contributed by atoms with E-state index in [1.54, 1.807) is 6.07 Å². The van der Waals surface area contributed by atoms with Gasteiger partial charge < -0.3 is 9.88 Å². The summed E-state index contributed by atoms with van der Waals surface area (Å²) in [6, 6.07) is 14.3. The van der Waals surface area contributed by atoms with E-state index in [1.165, 1.54) is 16.5 Å². The molecule has 1 fully saturated rings. The summed E-state index contributed by atoms with van der Waals surface area (Å²) in [5.74, 6) is 0.315. The van der Waals surface area contributed by atoms with E-state index in [0.717, 1.165) is 50.9 Å². The van der Waals surface area contributed by atoms with Crippen molar-refractivity contribution >= 4 is 40.0 Å². The standard InChI is InChI=1S/C26H31Cl2N3O/c1-3-22-25(30(2)17-18-13-20(27)15-21(28)14-18)10-12-31(26(22)32)11-6-7-19-16-29-24-9-5-4-8-23(19)24/h4-5,8-9,13-16,22,25,29H,3,6-7,10-12,17H2,1-2H3. The van der Waals surface area contributed by atoms with E-state index in [9.17, 15) is 4.79 Å². The van der Waals surface area contributed by atoms with Gasteiger partial charge in [-0.05, 0) is 68.1 Å². The van der Waals surface area contributed by atoms with Crippen molar-refractivity contribution in [1.29, 1.82) is 0 Å². The molecule has 4 rings (SSSR count). The summed E-state index contributed by atoms with van der Waals surface area (Å²) >= 11 is 12.3. The van der Waals surface area contributed by atoms with E-state index in [2.05, 4.69) is 53.2 Å². The van der Waals surface area contributed by atoms with Gasteiger partial charge in [-0.15, -0.1) is 0 Å². The molecule has 1 saturated heterocycles. The number of para-hydroxylation sites is 1. The van der Waals surface area contributed by atoms with E-state index in [4.69, 9.17) is 23.2 Å². The number of benzene rings is 2. The SMILES string of the molecule is CCC1C(=O)N(CCCc2c[nH]c3ccccc23)CCC1N(C)Cc1cc(Cl)cc(Cl)c1. The average molecular weight is 472 g/mol. The number of fused-ring (bicyclic) bond motifs is 1. The Balaban J connectivity index is 1.35. The Hall–Kier alpha value is -2.01. The number of rotatable bonds is 8. The minimum absolute atomic E-state index is 0.0245. The Bertz CT molecular complexity index is 1060. The third kappa shape index (κ3) is 5.14. The number of nitrogens with zero attached hydrogens (tertiary/aromatic N) is 2. The number of hydrogen-bond donors (Lipinski definition) is 1. The van der Waals surface area contributed by atoms with Crippen molar-refractivity contribution in [2.75, 3.05) is 20.1 Å². The van der Waals surface area contributed by atoms with E-state index in [1.807, 2.05) is 18.2 Å². The largest absolute Gasteiger partial charge is 0.361 e. The minimum Gasteiger partial charge on any atom is -0.361 e. The van der Waals surface area contributed by atoms with Gasteiger partial charge in [0.2, 0.25) is 5.91 Å². The summed E-state index contributed by atoms with van der Waals surface area (Å²) in [5, 5.41) is 2.58. The molecule has 170 valence electrons. The van der Waals surface area contributed by atoms with Gasteiger partial charge in [-0.1, -0.05) is 48.3 Å². The van der Waals surface area contributed by atoms with Crippen molar-refractivity contribution in [1.82, 2.24) is 14.8 Å². The molecule has 6 heteroatoms. The lowest BCUT2D eigenvalue weighted by molar-refractivity contribution is -0.142. The van der Waals surface area contributed by atoms with Gasteiger partial charge in [-0.2, -0.15) is 0 Å². The van der Waals surface area contributed by atoms with Crippen LogP contribution in [0.4, 0.5) is 0 Å². The van der Waals surface area contributed by atoms with Gasteiger partial charge in [-0.25, -0.2) is 0 Å². The number of nitrogens with one attached hydrogen (secondary N) is 1. The second-order valence-corrected chi connectivity index (χ2v) is 9.72. The number of halogens is 2. The number of amides is 1. The second-order valence-electron chi connectivity index (χ2n) is 8.85. The first-order valence-electron chi connectivity index (χ1n) is 11.4. The fraction of sp³-hybridized carbons (Fsp3) is 0.423. The Kier molecular flexibility index (Phi) is 7.44. The van der Waals surface area contributed by atoms with Crippen LogP contribution in [-0.2, 0) is 17.8 Å². The summed E-state index contributed by atoms with van der Waals surface area (Å²) in [6.07, 6.45) is 5.89. The first kappa shape index (κ1) is 23.2. The molecular weight excluding hydrogens is 441 g/mol.